The summed E-state index contributed by atoms with van der Waals surface area (Å²) >= 11 is 4.10. The number of aryl methyl sites for hydroxylation is 1. The number of aliphatic carboxylic acids is 1. The summed E-state index contributed by atoms with van der Waals surface area (Å²) in [6, 6.07) is 7.42. The van der Waals surface area contributed by atoms with Gasteiger partial charge in [-0.05, 0) is 11.2 Å². The van der Waals surface area contributed by atoms with E-state index in [-0.39, 0.29) is 12.4 Å². The SMILES string of the molecule is C[n+]1cc(C(S)C(=O)O)c2ccccc2n1.[Cl-]. The van der Waals surface area contributed by atoms with Crippen molar-refractivity contribution >= 4 is 29.5 Å². The van der Waals surface area contributed by atoms with Crippen molar-refractivity contribution in [2.75, 3.05) is 0 Å². The number of nitrogens with zero attached hydrogens (tertiary/aromatic N) is 2. The first-order chi connectivity index (χ1) is 7.59. The van der Waals surface area contributed by atoms with Crippen molar-refractivity contribution in [3.63, 3.8) is 0 Å². The Morgan fingerprint density at radius 3 is 2.76 bits per heavy atom. The molecule has 1 unspecified atom stereocenters. The summed E-state index contributed by atoms with van der Waals surface area (Å²) in [6.07, 6.45) is 1.69. The molecule has 0 spiro atoms. The van der Waals surface area contributed by atoms with Crippen molar-refractivity contribution in [2.45, 2.75) is 5.25 Å². The molecule has 0 aliphatic rings. The molecule has 1 aromatic carbocycles. The van der Waals surface area contributed by atoms with E-state index >= 15 is 0 Å². The lowest BCUT2D eigenvalue weighted by atomic mass is 10.1. The number of hydrogen-bond acceptors (Lipinski definition) is 3. The van der Waals surface area contributed by atoms with Gasteiger partial charge in [0.05, 0.1) is 5.56 Å². The number of aromatic nitrogens is 2. The van der Waals surface area contributed by atoms with Gasteiger partial charge in [-0.25, -0.2) is 0 Å². The van der Waals surface area contributed by atoms with Gasteiger partial charge in [-0.1, -0.05) is 22.9 Å². The molecule has 2 rings (SSSR count). The maximum absolute atomic E-state index is 10.9. The first kappa shape index (κ1) is 13.7. The van der Waals surface area contributed by atoms with Gasteiger partial charge in [0.2, 0.25) is 6.20 Å². The normalized spacial score (nSPS) is 11.9. The Balaban J connectivity index is 0.00000144. The van der Waals surface area contributed by atoms with E-state index in [1.807, 2.05) is 24.3 Å². The van der Waals surface area contributed by atoms with Crippen LogP contribution in [-0.2, 0) is 11.8 Å². The summed E-state index contributed by atoms with van der Waals surface area (Å²) in [5, 5.41) is 13.2. The molecule has 1 atom stereocenters. The molecule has 1 aromatic heterocycles. The monoisotopic (exact) mass is 270 g/mol. The molecule has 0 bridgehead atoms. The lowest BCUT2D eigenvalue weighted by Gasteiger charge is -2.06. The summed E-state index contributed by atoms with van der Waals surface area (Å²) in [5.41, 5.74) is 1.42. The molecule has 0 saturated heterocycles. The van der Waals surface area contributed by atoms with Crippen molar-refractivity contribution < 1.29 is 27.0 Å². The number of carboxylic acids is 1. The number of hydrogen-bond donors (Lipinski definition) is 2. The predicted molar refractivity (Wildman–Crippen MR) is 62.3 cm³/mol. The molecule has 0 amide bonds. The molecular weight excluding hydrogens is 260 g/mol. The highest BCUT2D eigenvalue weighted by atomic mass is 35.5. The second-order valence-corrected chi connectivity index (χ2v) is 4.03. The average molecular weight is 271 g/mol. The first-order valence-corrected chi connectivity index (χ1v) is 5.27. The largest absolute Gasteiger partial charge is 1.00 e. The fourth-order valence-corrected chi connectivity index (χ4v) is 1.83. The maximum Gasteiger partial charge on any atom is 0.321 e. The zero-order valence-electron chi connectivity index (χ0n) is 9.04. The molecule has 6 heteroatoms. The molecular formula is C11H11ClN2O2S. The van der Waals surface area contributed by atoms with E-state index in [0.717, 1.165) is 10.9 Å². The molecule has 0 aliphatic carbocycles. The lowest BCUT2D eigenvalue weighted by molar-refractivity contribution is -0.728. The number of halogens is 1. The number of thiol groups is 1. The number of fused-ring (bicyclic) bond motifs is 1. The van der Waals surface area contributed by atoms with E-state index in [0.29, 0.717) is 5.56 Å². The van der Waals surface area contributed by atoms with Gasteiger partial charge < -0.3 is 17.5 Å². The molecule has 1 heterocycles. The Morgan fingerprint density at radius 1 is 1.47 bits per heavy atom. The molecule has 17 heavy (non-hydrogen) atoms. The van der Waals surface area contributed by atoms with Crippen LogP contribution < -0.4 is 17.1 Å². The highest BCUT2D eigenvalue weighted by Gasteiger charge is 2.21. The van der Waals surface area contributed by atoms with Gasteiger partial charge in [-0.15, -0.1) is 0 Å². The summed E-state index contributed by atoms with van der Waals surface area (Å²) in [6.45, 7) is 0. The van der Waals surface area contributed by atoms with Crippen LogP contribution >= 0.6 is 12.6 Å². The third-order valence-electron chi connectivity index (χ3n) is 2.33. The van der Waals surface area contributed by atoms with E-state index in [4.69, 9.17) is 5.11 Å². The third-order valence-corrected chi connectivity index (χ3v) is 2.83. The van der Waals surface area contributed by atoms with Gasteiger partial charge in [0, 0.05) is 5.39 Å². The van der Waals surface area contributed by atoms with Gasteiger partial charge in [-0.2, -0.15) is 12.6 Å². The van der Waals surface area contributed by atoms with Gasteiger partial charge >= 0.3 is 5.97 Å². The molecule has 0 aliphatic heterocycles. The molecule has 2 aromatic rings. The Kier molecular flexibility index (Phi) is 4.31. The molecule has 90 valence electrons. The second kappa shape index (κ2) is 5.33. The van der Waals surface area contributed by atoms with Crippen LogP contribution in [0.15, 0.2) is 30.5 Å². The minimum atomic E-state index is -0.959. The Labute approximate surface area is 110 Å². The van der Waals surface area contributed by atoms with Crippen molar-refractivity contribution in [2.24, 2.45) is 7.05 Å². The molecule has 0 fully saturated rings. The molecule has 0 radical (unpaired) electrons. The second-order valence-electron chi connectivity index (χ2n) is 3.52. The Morgan fingerprint density at radius 2 is 2.12 bits per heavy atom. The van der Waals surface area contributed by atoms with Crippen LogP contribution in [0.4, 0.5) is 0 Å². The smallest absolute Gasteiger partial charge is 0.321 e. The summed E-state index contributed by atoms with van der Waals surface area (Å²) in [7, 11) is 1.76. The highest BCUT2D eigenvalue weighted by molar-refractivity contribution is 7.81. The van der Waals surface area contributed by atoms with Crippen molar-refractivity contribution in [1.82, 2.24) is 5.10 Å². The van der Waals surface area contributed by atoms with Gasteiger partial charge in [0.1, 0.15) is 10.8 Å². The van der Waals surface area contributed by atoms with Gasteiger partial charge in [0.15, 0.2) is 7.05 Å². The Hall–Kier alpha value is -1.33. The van der Waals surface area contributed by atoms with Crippen molar-refractivity contribution in [3.05, 3.63) is 36.0 Å². The topological polar surface area (TPSA) is 54.1 Å². The minimum Gasteiger partial charge on any atom is -1.00 e. The molecule has 0 saturated carbocycles. The van der Waals surface area contributed by atoms with Gasteiger partial charge in [-0.3, -0.25) is 4.79 Å². The molecule has 1 N–H and O–H groups in total. The van der Waals surface area contributed by atoms with Crippen LogP contribution in [0.5, 0.6) is 0 Å². The van der Waals surface area contributed by atoms with E-state index in [9.17, 15) is 4.79 Å². The summed E-state index contributed by atoms with van der Waals surface area (Å²) in [4.78, 5) is 10.9. The van der Waals surface area contributed by atoms with Crippen LogP contribution in [0.3, 0.4) is 0 Å². The standard InChI is InChI=1S/C11H10N2O2S.ClH/c1-13-6-8(10(16)11(14)15)7-4-2-3-5-9(7)12-13;/h2-6,10H,1H3,(H-,14,15,16);1H. The van der Waals surface area contributed by atoms with Crippen LogP contribution in [0.25, 0.3) is 10.9 Å². The fraction of sp³-hybridized carbons (Fsp3) is 0.182. The van der Waals surface area contributed by atoms with Crippen LogP contribution in [-0.4, -0.2) is 16.2 Å². The van der Waals surface area contributed by atoms with E-state index < -0.39 is 11.2 Å². The van der Waals surface area contributed by atoms with Crippen LogP contribution in [0.2, 0.25) is 0 Å². The predicted octanol–water partition coefficient (Wildman–Crippen LogP) is -1.88. The highest BCUT2D eigenvalue weighted by Crippen LogP contribution is 2.25. The number of rotatable bonds is 2. The van der Waals surface area contributed by atoms with Crippen LogP contribution in [0, 0.1) is 0 Å². The third kappa shape index (κ3) is 2.68. The number of benzene rings is 1. The summed E-state index contributed by atoms with van der Waals surface area (Å²) < 4.78 is 1.60. The zero-order chi connectivity index (χ0) is 11.7. The van der Waals surface area contributed by atoms with Crippen molar-refractivity contribution in [1.29, 1.82) is 0 Å². The fourth-order valence-electron chi connectivity index (χ4n) is 1.63. The molecule has 4 nitrogen and oxygen atoms in total. The summed E-state index contributed by atoms with van der Waals surface area (Å²) in [5.74, 6) is -0.959. The maximum atomic E-state index is 10.9. The van der Waals surface area contributed by atoms with E-state index in [1.54, 1.807) is 17.9 Å². The van der Waals surface area contributed by atoms with Crippen molar-refractivity contribution in [3.8, 4) is 0 Å². The first-order valence-electron chi connectivity index (χ1n) is 4.76. The number of carboxylic acid groups (broad SMARTS) is 1. The number of carbonyl (C=O) groups is 1. The van der Waals surface area contributed by atoms with Crippen LogP contribution in [0.1, 0.15) is 10.8 Å². The quantitative estimate of drug-likeness (QED) is 0.496. The van der Waals surface area contributed by atoms with E-state index in [1.165, 1.54) is 0 Å². The van der Waals surface area contributed by atoms with E-state index in [2.05, 4.69) is 17.7 Å². The zero-order valence-corrected chi connectivity index (χ0v) is 10.7. The lowest BCUT2D eigenvalue weighted by Crippen LogP contribution is -3.00. The Bertz CT molecular complexity index is 562. The minimum absolute atomic E-state index is 0. The average Bonchev–Trinajstić information content (AvgIpc) is 2.26. The van der Waals surface area contributed by atoms with Gasteiger partial charge in [0.25, 0.3) is 0 Å².